The number of hydrogen-bond acceptors (Lipinski definition) is 4. The molecule has 0 unspecified atom stereocenters. The van der Waals surface area contributed by atoms with Crippen molar-refractivity contribution in [3.8, 4) is 0 Å². The van der Waals surface area contributed by atoms with E-state index in [9.17, 15) is 4.79 Å². The van der Waals surface area contributed by atoms with Gasteiger partial charge in [-0.05, 0) is 30.9 Å². The highest BCUT2D eigenvalue weighted by Crippen LogP contribution is 2.28. The number of rotatable bonds is 2. The fraction of sp³-hybridized carbons (Fsp3) is 0.333. The minimum Gasteiger partial charge on any atom is -0.477 e. The van der Waals surface area contributed by atoms with Gasteiger partial charge in [0.1, 0.15) is 4.88 Å². The number of thiazole rings is 1. The molecule has 0 bridgehead atoms. The van der Waals surface area contributed by atoms with Gasteiger partial charge in [-0.3, -0.25) is 0 Å². The minimum atomic E-state index is -0.885. The first-order chi connectivity index (χ1) is 9.65. The summed E-state index contributed by atoms with van der Waals surface area (Å²) in [6.45, 7) is 3.54. The minimum absolute atomic E-state index is 0.349. The first-order valence-electron chi connectivity index (χ1n) is 6.67. The summed E-state index contributed by atoms with van der Waals surface area (Å²) in [6, 6.07) is 8.50. The van der Waals surface area contributed by atoms with E-state index in [-0.39, 0.29) is 0 Å². The van der Waals surface area contributed by atoms with E-state index in [0.717, 1.165) is 31.1 Å². The lowest BCUT2D eigenvalue weighted by molar-refractivity contribution is 0.0701. The Kier molecular flexibility index (Phi) is 3.44. The highest BCUT2D eigenvalue weighted by molar-refractivity contribution is 7.17. The second-order valence-corrected chi connectivity index (χ2v) is 5.95. The highest BCUT2D eigenvalue weighted by atomic mass is 32.1. The van der Waals surface area contributed by atoms with Crippen molar-refractivity contribution in [3.63, 3.8) is 0 Å². The van der Waals surface area contributed by atoms with Crippen LogP contribution in [0.15, 0.2) is 24.3 Å². The van der Waals surface area contributed by atoms with Crippen LogP contribution in [0.3, 0.4) is 0 Å². The van der Waals surface area contributed by atoms with Crippen molar-refractivity contribution in [1.82, 2.24) is 4.98 Å². The summed E-state index contributed by atoms with van der Waals surface area (Å²) >= 11 is 1.28. The van der Waals surface area contributed by atoms with Gasteiger partial charge in [0.05, 0.1) is 5.69 Å². The molecule has 0 aliphatic carbocycles. The number of aromatic carboxylic acids is 1. The molecule has 5 heteroatoms. The number of carboxylic acids is 1. The van der Waals surface area contributed by atoms with Gasteiger partial charge in [-0.1, -0.05) is 35.6 Å². The van der Waals surface area contributed by atoms with Crippen molar-refractivity contribution >= 4 is 22.4 Å². The molecule has 0 radical (unpaired) electrons. The van der Waals surface area contributed by atoms with Crippen LogP contribution in [0.2, 0.25) is 0 Å². The zero-order valence-electron chi connectivity index (χ0n) is 11.3. The lowest BCUT2D eigenvalue weighted by atomic mass is 10.0. The summed E-state index contributed by atoms with van der Waals surface area (Å²) in [6.07, 6.45) is 1.97. The molecule has 4 nitrogen and oxygen atoms in total. The average Bonchev–Trinajstić information content (AvgIpc) is 2.70. The predicted octanol–water partition coefficient (Wildman–Crippen LogP) is 2.75. The third kappa shape index (κ3) is 2.41. The second-order valence-electron chi connectivity index (χ2n) is 4.97. The molecule has 1 aromatic heterocycles. The molecular weight excluding hydrogens is 272 g/mol. The van der Waals surface area contributed by atoms with Crippen LogP contribution in [0.1, 0.15) is 26.5 Å². The van der Waals surface area contributed by atoms with Crippen LogP contribution in [0, 0.1) is 6.92 Å². The van der Waals surface area contributed by atoms with Gasteiger partial charge in [0.25, 0.3) is 0 Å². The number of carboxylic acid groups (broad SMARTS) is 1. The molecule has 0 saturated heterocycles. The van der Waals surface area contributed by atoms with Crippen molar-refractivity contribution in [1.29, 1.82) is 0 Å². The van der Waals surface area contributed by atoms with Crippen LogP contribution < -0.4 is 4.90 Å². The van der Waals surface area contributed by atoms with Crippen molar-refractivity contribution < 1.29 is 9.90 Å². The standard InChI is InChI=1S/C15H16N2O2S/c1-10-13(14(18)19)20-15(16-10)17-8-6-11-4-2-3-5-12(11)7-9-17/h2-5H,6-9H2,1H3,(H,18,19). The molecule has 1 aliphatic heterocycles. The second kappa shape index (κ2) is 5.25. The number of benzene rings is 1. The smallest absolute Gasteiger partial charge is 0.347 e. The molecule has 0 atom stereocenters. The molecule has 2 aromatic rings. The van der Waals surface area contributed by atoms with Gasteiger partial charge in [0, 0.05) is 13.1 Å². The Morgan fingerprint density at radius 2 is 1.85 bits per heavy atom. The molecule has 1 N–H and O–H groups in total. The first-order valence-corrected chi connectivity index (χ1v) is 7.49. The average molecular weight is 288 g/mol. The maximum Gasteiger partial charge on any atom is 0.347 e. The Bertz CT molecular complexity index is 624. The van der Waals surface area contributed by atoms with Crippen LogP contribution in [0.5, 0.6) is 0 Å². The number of aryl methyl sites for hydroxylation is 1. The van der Waals surface area contributed by atoms with Gasteiger partial charge < -0.3 is 10.0 Å². The van der Waals surface area contributed by atoms with E-state index in [2.05, 4.69) is 34.1 Å². The van der Waals surface area contributed by atoms with Gasteiger partial charge in [0.15, 0.2) is 5.13 Å². The van der Waals surface area contributed by atoms with E-state index in [4.69, 9.17) is 5.11 Å². The Morgan fingerprint density at radius 1 is 1.25 bits per heavy atom. The summed E-state index contributed by atoms with van der Waals surface area (Å²) in [4.78, 5) is 18.1. The zero-order valence-corrected chi connectivity index (χ0v) is 12.1. The molecular formula is C15H16N2O2S. The SMILES string of the molecule is Cc1nc(N2CCc3ccccc3CC2)sc1C(=O)O. The van der Waals surface area contributed by atoms with Crippen LogP contribution in [-0.4, -0.2) is 29.1 Å². The molecule has 1 aliphatic rings. The zero-order chi connectivity index (χ0) is 14.1. The topological polar surface area (TPSA) is 53.4 Å². The van der Waals surface area contributed by atoms with E-state index in [1.165, 1.54) is 22.5 Å². The Labute approximate surface area is 121 Å². The van der Waals surface area contributed by atoms with Crippen molar-refractivity contribution in [3.05, 3.63) is 46.0 Å². The Hall–Kier alpha value is -1.88. The quantitative estimate of drug-likeness (QED) is 0.923. The van der Waals surface area contributed by atoms with Gasteiger partial charge >= 0.3 is 5.97 Å². The Morgan fingerprint density at radius 3 is 2.35 bits per heavy atom. The van der Waals surface area contributed by atoms with E-state index in [0.29, 0.717) is 10.6 Å². The number of hydrogen-bond donors (Lipinski definition) is 1. The summed E-state index contributed by atoms with van der Waals surface area (Å²) in [7, 11) is 0. The van der Waals surface area contributed by atoms with Crippen LogP contribution in [0.25, 0.3) is 0 Å². The predicted molar refractivity (Wildman–Crippen MR) is 79.9 cm³/mol. The maximum atomic E-state index is 11.1. The highest BCUT2D eigenvalue weighted by Gasteiger charge is 2.20. The summed E-state index contributed by atoms with van der Waals surface area (Å²) in [5, 5.41) is 9.95. The fourth-order valence-electron chi connectivity index (χ4n) is 2.58. The summed E-state index contributed by atoms with van der Waals surface area (Å²) in [5.41, 5.74) is 3.39. The number of carbonyl (C=O) groups is 1. The van der Waals surface area contributed by atoms with Gasteiger partial charge in [-0.15, -0.1) is 0 Å². The molecule has 3 rings (SSSR count). The first kappa shape index (κ1) is 13.1. The van der Waals surface area contributed by atoms with Gasteiger partial charge in [-0.25, -0.2) is 9.78 Å². The van der Waals surface area contributed by atoms with Crippen molar-refractivity contribution in [2.24, 2.45) is 0 Å². The number of fused-ring (bicyclic) bond motifs is 1. The molecule has 0 spiro atoms. The van der Waals surface area contributed by atoms with Crippen LogP contribution in [0.4, 0.5) is 5.13 Å². The number of aromatic nitrogens is 1. The van der Waals surface area contributed by atoms with E-state index in [1.807, 2.05) is 0 Å². The molecule has 20 heavy (non-hydrogen) atoms. The van der Waals surface area contributed by atoms with E-state index < -0.39 is 5.97 Å². The fourth-order valence-corrected chi connectivity index (χ4v) is 3.53. The normalized spacial score (nSPS) is 14.8. The molecule has 0 fully saturated rings. The number of anilines is 1. The van der Waals surface area contributed by atoms with E-state index >= 15 is 0 Å². The van der Waals surface area contributed by atoms with Crippen LogP contribution >= 0.6 is 11.3 Å². The number of nitrogens with zero attached hydrogens (tertiary/aromatic N) is 2. The van der Waals surface area contributed by atoms with Gasteiger partial charge in [-0.2, -0.15) is 0 Å². The lowest BCUT2D eigenvalue weighted by Gasteiger charge is -2.18. The van der Waals surface area contributed by atoms with Crippen molar-refractivity contribution in [2.45, 2.75) is 19.8 Å². The molecule has 104 valence electrons. The van der Waals surface area contributed by atoms with Crippen molar-refractivity contribution in [2.75, 3.05) is 18.0 Å². The summed E-state index contributed by atoms with van der Waals surface area (Å²) < 4.78 is 0. The molecule has 2 heterocycles. The maximum absolute atomic E-state index is 11.1. The third-order valence-electron chi connectivity index (χ3n) is 3.67. The summed E-state index contributed by atoms with van der Waals surface area (Å²) in [5.74, 6) is -0.885. The Balaban J connectivity index is 1.83. The van der Waals surface area contributed by atoms with E-state index in [1.54, 1.807) is 6.92 Å². The van der Waals surface area contributed by atoms with Gasteiger partial charge in [0.2, 0.25) is 0 Å². The molecule has 1 aromatic carbocycles. The third-order valence-corrected chi connectivity index (χ3v) is 4.88. The largest absolute Gasteiger partial charge is 0.477 e. The molecule has 0 amide bonds. The van der Waals surface area contributed by atoms with Crippen LogP contribution in [-0.2, 0) is 12.8 Å². The monoisotopic (exact) mass is 288 g/mol. The molecule has 0 saturated carbocycles. The lowest BCUT2D eigenvalue weighted by Crippen LogP contribution is -2.25.